The van der Waals surface area contributed by atoms with Gasteiger partial charge in [0.15, 0.2) is 0 Å². The number of anilines is 1. The Hall–Kier alpha value is -2.47. The van der Waals surface area contributed by atoms with Crippen LogP contribution in [-0.4, -0.2) is 42.9 Å². The number of hydrogen-bond acceptors (Lipinski definition) is 4. The number of esters is 1. The average molecular weight is 413 g/mol. The molecule has 0 bridgehead atoms. The maximum absolute atomic E-state index is 13.0. The smallest absolute Gasteiger partial charge is 0.321 e. The molecule has 1 N–H and O–H groups in total. The highest BCUT2D eigenvalue weighted by Gasteiger charge is 2.44. The third kappa shape index (κ3) is 5.32. The third-order valence-corrected chi connectivity index (χ3v) is 6.00. The van der Waals surface area contributed by atoms with Crippen molar-refractivity contribution in [2.75, 3.05) is 31.3 Å². The second-order valence-electron chi connectivity index (χ2n) is 7.35. The summed E-state index contributed by atoms with van der Waals surface area (Å²) in [6.45, 7) is 3.14. The molecule has 154 valence electrons. The molecule has 3 rings (SSSR count). The number of hydrogen-bond donors (Lipinski definition) is 1. The Labute approximate surface area is 176 Å². The predicted molar refractivity (Wildman–Crippen MR) is 117 cm³/mol. The van der Waals surface area contributed by atoms with E-state index in [1.165, 1.54) is 0 Å². The number of nitrogens with one attached hydrogen (secondary N) is 1. The number of thioether (sulfide) groups is 1. The van der Waals surface area contributed by atoms with E-state index in [1.54, 1.807) is 16.7 Å². The van der Waals surface area contributed by atoms with Crippen molar-refractivity contribution in [3.05, 3.63) is 60.2 Å². The van der Waals surface area contributed by atoms with Gasteiger partial charge in [0.25, 0.3) is 0 Å². The second-order valence-corrected chi connectivity index (χ2v) is 8.23. The molecule has 1 atom stereocenters. The molecular formula is C23H28N2O3S. The van der Waals surface area contributed by atoms with Gasteiger partial charge in [-0.2, -0.15) is 0 Å². The van der Waals surface area contributed by atoms with Crippen LogP contribution in [-0.2, 0) is 16.0 Å². The Kier molecular flexibility index (Phi) is 7.20. The molecule has 29 heavy (non-hydrogen) atoms. The molecule has 1 saturated heterocycles. The molecular weight excluding hydrogens is 384 g/mol. The predicted octanol–water partition coefficient (Wildman–Crippen LogP) is 4.83. The van der Waals surface area contributed by atoms with Gasteiger partial charge in [0.2, 0.25) is 0 Å². The fourth-order valence-electron chi connectivity index (χ4n) is 3.86. The van der Waals surface area contributed by atoms with E-state index < -0.39 is 5.41 Å². The van der Waals surface area contributed by atoms with Crippen molar-refractivity contribution in [3.8, 4) is 0 Å². The molecule has 2 aromatic rings. The lowest BCUT2D eigenvalue weighted by molar-refractivity contribution is -0.158. The molecule has 6 heteroatoms. The SMILES string of the molecule is CCOC(=O)C1(Cc2ccccc2)CCCN(C(=O)Nc2cccc(SC)c2)C1. The monoisotopic (exact) mass is 412 g/mol. The first-order valence-electron chi connectivity index (χ1n) is 9.97. The summed E-state index contributed by atoms with van der Waals surface area (Å²) < 4.78 is 5.43. The largest absolute Gasteiger partial charge is 0.466 e. The number of nitrogens with zero attached hydrogens (tertiary/aromatic N) is 1. The minimum absolute atomic E-state index is 0.176. The van der Waals surface area contributed by atoms with Crippen LogP contribution in [0.3, 0.4) is 0 Å². The molecule has 5 nitrogen and oxygen atoms in total. The Morgan fingerprint density at radius 3 is 2.69 bits per heavy atom. The average Bonchev–Trinajstić information content (AvgIpc) is 2.75. The summed E-state index contributed by atoms with van der Waals surface area (Å²) in [4.78, 5) is 28.7. The quantitative estimate of drug-likeness (QED) is 0.545. The Bertz CT molecular complexity index is 843. The van der Waals surface area contributed by atoms with Gasteiger partial charge in [0.1, 0.15) is 0 Å². The van der Waals surface area contributed by atoms with Crippen molar-refractivity contribution in [2.24, 2.45) is 5.41 Å². The number of piperidine rings is 1. The van der Waals surface area contributed by atoms with E-state index >= 15 is 0 Å². The van der Waals surface area contributed by atoms with Gasteiger partial charge >= 0.3 is 12.0 Å². The lowest BCUT2D eigenvalue weighted by Crippen LogP contribution is -2.52. The van der Waals surface area contributed by atoms with Gasteiger partial charge in [-0.15, -0.1) is 11.8 Å². The topological polar surface area (TPSA) is 58.6 Å². The molecule has 0 spiro atoms. The highest BCUT2D eigenvalue weighted by Crippen LogP contribution is 2.35. The van der Waals surface area contributed by atoms with Gasteiger partial charge in [-0.3, -0.25) is 4.79 Å². The summed E-state index contributed by atoms with van der Waals surface area (Å²) in [6, 6.07) is 17.5. The van der Waals surface area contributed by atoms with Crippen molar-refractivity contribution >= 4 is 29.4 Å². The van der Waals surface area contributed by atoms with Crippen LogP contribution in [0.4, 0.5) is 10.5 Å². The molecule has 2 aromatic carbocycles. The number of urea groups is 1. The van der Waals surface area contributed by atoms with Gasteiger partial charge < -0.3 is 15.0 Å². The van der Waals surface area contributed by atoms with Crippen molar-refractivity contribution in [3.63, 3.8) is 0 Å². The maximum Gasteiger partial charge on any atom is 0.321 e. The van der Waals surface area contributed by atoms with Crippen LogP contribution in [0.25, 0.3) is 0 Å². The number of likely N-dealkylation sites (tertiary alicyclic amines) is 1. The number of ether oxygens (including phenoxy) is 1. The molecule has 0 radical (unpaired) electrons. The first kappa shape index (κ1) is 21.2. The van der Waals surface area contributed by atoms with Crippen LogP contribution in [0.15, 0.2) is 59.5 Å². The number of carbonyl (C=O) groups is 2. The molecule has 1 fully saturated rings. The van der Waals surface area contributed by atoms with E-state index in [2.05, 4.69) is 5.32 Å². The van der Waals surface area contributed by atoms with Crippen molar-refractivity contribution in [1.29, 1.82) is 0 Å². The van der Waals surface area contributed by atoms with Crippen molar-refractivity contribution in [1.82, 2.24) is 4.90 Å². The number of amides is 2. The molecule has 1 unspecified atom stereocenters. The molecule has 1 heterocycles. The van der Waals surface area contributed by atoms with Gasteiger partial charge in [0, 0.05) is 23.7 Å². The minimum atomic E-state index is -0.714. The normalized spacial score (nSPS) is 18.9. The first-order chi connectivity index (χ1) is 14.1. The van der Waals surface area contributed by atoms with E-state index in [4.69, 9.17) is 4.74 Å². The zero-order valence-electron chi connectivity index (χ0n) is 17.0. The first-order valence-corrected chi connectivity index (χ1v) is 11.2. The van der Waals surface area contributed by atoms with Crippen LogP contribution >= 0.6 is 11.8 Å². The summed E-state index contributed by atoms with van der Waals surface area (Å²) in [7, 11) is 0. The third-order valence-electron chi connectivity index (χ3n) is 5.28. The van der Waals surface area contributed by atoms with Gasteiger partial charge in [0.05, 0.1) is 12.0 Å². The van der Waals surface area contributed by atoms with Gasteiger partial charge in [-0.05, 0) is 56.2 Å². The second kappa shape index (κ2) is 9.83. The summed E-state index contributed by atoms with van der Waals surface area (Å²) in [5, 5.41) is 2.98. The van der Waals surface area contributed by atoms with Crippen LogP contribution in [0.5, 0.6) is 0 Å². The van der Waals surface area contributed by atoms with Crippen molar-refractivity contribution in [2.45, 2.75) is 31.1 Å². The Morgan fingerprint density at radius 1 is 1.17 bits per heavy atom. The Balaban J connectivity index is 1.78. The van der Waals surface area contributed by atoms with E-state index in [-0.39, 0.29) is 12.0 Å². The summed E-state index contributed by atoms with van der Waals surface area (Å²) in [5.74, 6) is -0.217. The molecule has 1 aliphatic heterocycles. The van der Waals surface area contributed by atoms with E-state index in [1.807, 2.05) is 67.8 Å². The molecule has 0 aliphatic carbocycles. The van der Waals surface area contributed by atoms with E-state index in [9.17, 15) is 9.59 Å². The fraction of sp³-hybridized carbons (Fsp3) is 0.391. The van der Waals surface area contributed by atoms with Crippen LogP contribution in [0.1, 0.15) is 25.3 Å². The Morgan fingerprint density at radius 2 is 1.97 bits per heavy atom. The molecule has 2 amide bonds. The number of benzene rings is 2. The highest BCUT2D eigenvalue weighted by atomic mass is 32.2. The zero-order valence-corrected chi connectivity index (χ0v) is 17.8. The summed E-state index contributed by atoms with van der Waals surface area (Å²) in [5.41, 5.74) is 1.13. The number of rotatable bonds is 6. The zero-order chi connectivity index (χ0) is 20.7. The fourth-order valence-corrected chi connectivity index (χ4v) is 4.32. The van der Waals surface area contributed by atoms with E-state index in [0.29, 0.717) is 32.5 Å². The van der Waals surface area contributed by atoms with Gasteiger partial charge in [-0.1, -0.05) is 36.4 Å². The highest BCUT2D eigenvalue weighted by molar-refractivity contribution is 7.98. The standard InChI is InChI=1S/C23H28N2O3S/c1-3-28-21(26)23(16-18-9-5-4-6-10-18)13-8-14-25(17-23)22(27)24-19-11-7-12-20(15-19)29-2/h4-7,9-12,15H,3,8,13-14,16-17H2,1-2H3,(H,24,27). The summed E-state index contributed by atoms with van der Waals surface area (Å²) >= 11 is 1.63. The van der Waals surface area contributed by atoms with E-state index in [0.717, 1.165) is 22.6 Å². The van der Waals surface area contributed by atoms with Crippen LogP contribution in [0.2, 0.25) is 0 Å². The lowest BCUT2D eigenvalue weighted by atomic mass is 9.75. The lowest BCUT2D eigenvalue weighted by Gasteiger charge is -2.41. The van der Waals surface area contributed by atoms with Crippen LogP contribution < -0.4 is 5.32 Å². The molecule has 0 saturated carbocycles. The molecule has 0 aromatic heterocycles. The van der Waals surface area contributed by atoms with Gasteiger partial charge in [-0.25, -0.2) is 4.79 Å². The van der Waals surface area contributed by atoms with Crippen molar-refractivity contribution < 1.29 is 14.3 Å². The number of carbonyl (C=O) groups excluding carboxylic acids is 2. The summed E-state index contributed by atoms with van der Waals surface area (Å²) in [6.07, 6.45) is 4.05. The minimum Gasteiger partial charge on any atom is -0.466 e. The van der Waals surface area contributed by atoms with Crippen LogP contribution in [0, 0.1) is 5.41 Å². The maximum atomic E-state index is 13.0. The molecule has 1 aliphatic rings.